The Morgan fingerprint density at radius 2 is 1.69 bits per heavy atom. The minimum atomic E-state index is -4.49. The zero-order valence-electron chi connectivity index (χ0n) is 19.9. The minimum Gasteiger partial charge on any atom is -0.497 e. The first-order valence-corrected chi connectivity index (χ1v) is 11.3. The molecule has 0 atom stereocenters. The van der Waals surface area contributed by atoms with Crippen LogP contribution in [-0.4, -0.2) is 54.1 Å². The van der Waals surface area contributed by atoms with E-state index in [0.717, 1.165) is 40.5 Å². The van der Waals surface area contributed by atoms with Gasteiger partial charge in [0, 0.05) is 49.4 Å². The summed E-state index contributed by atoms with van der Waals surface area (Å²) in [5.41, 5.74) is 2.23. The second kappa shape index (κ2) is 9.93. The maximum absolute atomic E-state index is 13.1. The number of anilines is 1. The van der Waals surface area contributed by atoms with Crippen molar-refractivity contribution in [2.45, 2.75) is 26.4 Å². The number of hydrogen-bond donors (Lipinski definition) is 0. The maximum Gasteiger partial charge on any atom is 0.416 e. The number of rotatable bonds is 5. The van der Waals surface area contributed by atoms with Gasteiger partial charge in [-0.15, -0.1) is 0 Å². The van der Waals surface area contributed by atoms with Gasteiger partial charge in [-0.05, 0) is 49.7 Å². The molecule has 35 heavy (non-hydrogen) atoms. The number of carbonyl (C=O) groups is 1. The highest BCUT2D eigenvalue weighted by molar-refractivity contribution is 5.94. The molecule has 1 aliphatic rings. The molecule has 1 amide bonds. The second-order valence-corrected chi connectivity index (χ2v) is 8.54. The minimum absolute atomic E-state index is 0.0437. The van der Waals surface area contributed by atoms with Crippen LogP contribution in [0, 0.1) is 13.8 Å². The number of nitrogens with zero attached hydrogens (tertiary/aromatic N) is 4. The molecule has 1 aliphatic heterocycles. The van der Waals surface area contributed by atoms with Gasteiger partial charge in [-0.1, -0.05) is 18.2 Å². The summed E-state index contributed by atoms with van der Waals surface area (Å²) in [5, 5.41) is 0. The molecule has 0 radical (unpaired) electrons. The number of aromatic nitrogens is 2. The first-order valence-electron chi connectivity index (χ1n) is 11.3. The molecule has 0 N–H and O–H groups in total. The van der Waals surface area contributed by atoms with Crippen LogP contribution in [0.15, 0.2) is 48.5 Å². The molecular formula is C26H27F3N4O2. The Bertz CT molecular complexity index is 1200. The lowest BCUT2D eigenvalue weighted by atomic mass is 10.0. The zero-order valence-corrected chi connectivity index (χ0v) is 19.9. The van der Waals surface area contributed by atoms with Gasteiger partial charge in [-0.2, -0.15) is 13.2 Å². The van der Waals surface area contributed by atoms with Gasteiger partial charge in [0.25, 0.3) is 5.91 Å². The highest BCUT2D eigenvalue weighted by atomic mass is 19.4. The molecular weight excluding hydrogens is 457 g/mol. The predicted molar refractivity (Wildman–Crippen MR) is 127 cm³/mol. The standard InChI is InChI=1S/C26H27F3N4O2/c1-17-23(15-19-7-9-22(35-3)10-8-19)24(31-18(2)30-17)32-11-13-33(14-12-32)25(34)20-5-4-6-21(16-20)26(27,28)29/h4-10,16H,11-15H2,1-3H3. The molecule has 4 rings (SSSR count). The van der Waals surface area contributed by atoms with E-state index in [1.165, 1.54) is 12.1 Å². The van der Waals surface area contributed by atoms with E-state index in [1.807, 2.05) is 38.1 Å². The van der Waals surface area contributed by atoms with Gasteiger partial charge in [0.1, 0.15) is 17.4 Å². The molecule has 0 unspecified atom stereocenters. The summed E-state index contributed by atoms with van der Waals surface area (Å²) in [6.45, 7) is 5.64. The first kappa shape index (κ1) is 24.5. The fraction of sp³-hybridized carbons (Fsp3) is 0.346. The van der Waals surface area contributed by atoms with Gasteiger partial charge in [0.05, 0.1) is 12.7 Å². The molecule has 1 aromatic heterocycles. The van der Waals surface area contributed by atoms with Crippen molar-refractivity contribution in [3.8, 4) is 5.75 Å². The third-order valence-electron chi connectivity index (χ3n) is 6.15. The van der Waals surface area contributed by atoms with Crippen molar-refractivity contribution in [2.75, 3.05) is 38.2 Å². The van der Waals surface area contributed by atoms with Crippen molar-refractivity contribution in [1.82, 2.24) is 14.9 Å². The van der Waals surface area contributed by atoms with Crippen LogP contribution in [0.1, 0.15) is 38.6 Å². The quantitative estimate of drug-likeness (QED) is 0.527. The summed E-state index contributed by atoms with van der Waals surface area (Å²) >= 11 is 0. The van der Waals surface area contributed by atoms with Gasteiger partial charge in [-0.3, -0.25) is 4.79 Å². The van der Waals surface area contributed by atoms with Gasteiger partial charge >= 0.3 is 6.18 Å². The average molecular weight is 485 g/mol. The number of alkyl halides is 3. The third-order valence-corrected chi connectivity index (χ3v) is 6.15. The Morgan fingerprint density at radius 3 is 2.31 bits per heavy atom. The number of halogens is 3. The third kappa shape index (κ3) is 5.55. The lowest BCUT2D eigenvalue weighted by Gasteiger charge is -2.36. The fourth-order valence-electron chi connectivity index (χ4n) is 4.27. The molecule has 0 aliphatic carbocycles. The molecule has 1 saturated heterocycles. The normalized spacial score (nSPS) is 14.2. The van der Waals surface area contributed by atoms with Crippen molar-refractivity contribution in [3.05, 3.63) is 82.3 Å². The molecule has 0 saturated carbocycles. The summed E-state index contributed by atoms with van der Waals surface area (Å²) in [7, 11) is 1.63. The largest absolute Gasteiger partial charge is 0.497 e. The molecule has 2 aromatic carbocycles. The highest BCUT2D eigenvalue weighted by Gasteiger charge is 2.32. The van der Waals surface area contributed by atoms with Gasteiger partial charge in [0.15, 0.2) is 0 Å². The maximum atomic E-state index is 13.1. The zero-order chi connectivity index (χ0) is 25.2. The molecule has 2 heterocycles. The Balaban J connectivity index is 1.50. The molecule has 3 aromatic rings. The second-order valence-electron chi connectivity index (χ2n) is 8.54. The summed E-state index contributed by atoms with van der Waals surface area (Å²) in [6.07, 6.45) is -3.84. The van der Waals surface area contributed by atoms with Crippen LogP contribution in [0.5, 0.6) is 5.75 Å². The summed E-state index contributed by atoms with van der Waals surface area (Å²) in [4.78, 5) is 25.9. The van der Waals surface area contributed by atoms with Crippen LogP contribution in [0.3, 0.4) is 0 Å². The fourth-order valence-corrected chi connectivity index (χ4v) is 4.27. The van der Waals surface area contributed by atoms with Crippen molar-refractivity contribution in [3.63, 3.8) is 0 Å². The number of amides is 1. The summed E-state index contributed by atoms with van der Waals surface area (Å²) < 4.78 is 44.4. The van der Waals surface area contributed by atoms with Crippen LogP contribution in [0.4, 0.5) is 19.0 Å². The molecule has 9 heteroatoms. The van der Waals surface area contributed by atoms with E-state index in [9.17, 15) is 18.0 Å². The topological polar surface area (TPSA) is 58.6 Å². The van der Waals surface area contributed by atoms with E-state index >= 15 is 0 Å². The average Bonchev–Trinajstić information content (AvgIpc) is 2.85. The number of carbonyl (C=O) groups excluding carboxylic acids is 1. The predicted octanol–water partition coefficient (Wildman–Crippen LogP) is 4.67. The van der Waals surface area contributed by atoms with E-state index < -0.39 is 17.6 Å². The van der Waals surface area contributed by atoms with Gasteiger partial charge in [-0.25, -0.2) is 9.97 Å². The lowest BCUT2D eigenvalue weighted by molar-refractivity contribution is -0.137. The molecule has 1 fully saturated rings. The van der Waals surface area contributed by atoms with Crippen molar-refractivity contribution < 1.29 is 22.7 Å². The number of ether oxygens (including phenoxy) is 1. The number of hydrogen-bond acceptors (Lipinski definition) is 5. The van der Waals surface area contributed by atoms with Crippen LogP contribution in [0.25, 0.3) is 0 Å². The molecule has 0 spiro atoms. The van der Waals surface area contributed by atoms with Crippen LogP contribution in [-0.2, 0) is 12.6 Å². The van der Waals surface area contributed by atoms with Gasteiger partial charge in [0.2, 0.25) is 0 Å². The summed E-state index contributed by atoms with van der Waals surface area (Å²) in [6, 6.07) is 12.4. The van der Waals surface area contributed by atoms with E-state index in [1.54, 1.807) is 12.0 Å². The van der Waals surface area contributed by atoms with Gasteiger partial charge < -0.3 is 14.5 Å². The van der Waals surface area contributed by atoms with E-state index in [2.05, 4.69) is 9.88 Å². The number of aryl methyl sites for hydroxylation is 2. The highest BCUT2D eigenvalue weighted by Crippen LogP contribution is 2.30. The van der Waals surface area contributed by atoms with E-state index in [0.29, 0.717) is 38.4 Å². The lowest BCUT2D eigenvalue weighted by Crippen LogP contribution is -2.49. The molecule has 6 nitrogen and oxygen atoms in total. The Morgan fingerprint density at radius 1 is 1.00 bits per heavy atom. The van der Waals surface area contributed by atoms with Crippen LogP contribution >= 0.6 is 0 Å². The van der Waals surface area contributed by atoms with Crippen molar-refractivity contribution in [1.29, 1.82) is 0 Å². The Kier molecular flexibility index (Phi) is 6.95. The van der Waals surface area contributed by atoms with Crippen LogP contribution in [0.2, 0.25) is 0 Å². The Hall–Kier alpha value is -3.62. The monoisotopic (exact) mass is 484 g/mol. The molecule has 184 valence electrons. The SMILES string of the molecule is COc1ccc(Cc2c(C)nc(C)nc2N2CCN(C(=O)c3cccc(C(F)(F)F)c3)CC2)cc1. The number of benzene rings is 2. The number of piperazine rings is 1. The smallest absolute Gasteiger partial charge is 0.416 e. The summed E-state index contributed by atoms with van der Waals surface area (Å²) in [5.74, 6) is 1.88. The van der Waals surface area contributed by atoms with Crippen molar-refractivity contribution in [2.24, 2.45) is 0 Å². The molecule has 0 bridgehead atoms. The first-order chi connectivity index (χ1) is 16.7. The van der Waals surface area contributed by atoms with Crippen molar-refractivity contribution >= 4 is 11.7 Å². The number of methoxy groups -OCH3 is 1. The van der Waals surface area contributed by atoms with E-state index in [-0.39, 0.29) is 5.56 Å². The van der Waals surface area contributed by atoms with Crippen LogP contribution < -0.4 is 9.64 Å². The Labute approximate surface area is 202 Å². The van der Waals surface area contributed by atoms with E-state index in [4.69, 9.17) is 9.72 Å².